The number of aromatic amines is 1. The number of nitrogens with zero attached hydrogens (tertiary/aromatic N) is 2. The van der Waals surface area contributed by atoms with Gasteiger partial charge in [-0.25, -0.2) is 9.82 Å². The van der Waals surface area contributed by atoms with E-state index in [1.807, 2.05) is 24.3 Å². The van der Waals surface area contributed by atoms with Gasteiger partial charge in [0.2, 0.25) is 0 Å². The molecule has 0 saturated carbocycles. The Balaban J connectivity index is 1.65. The molecule has 0 fully saturated rings. The molecule has 0 unspecified atom stereocenters. The molecule has 0 radical (unpaired) electrons. The Morgan fingerprint density at radius 3 is 2.58 bits per heavy atom. The minimum atomic E-state index is -0.413. The number of halogens is 2. The highest BCUT2D eigenvalue weighted by molar-refractivity contribution is 9.10. The quantitative estimate of drug-likeness (QED) is 0.529. The molecule has 0 aliphatic carbocycles. The van der Waals surface area contributed by atoms with Crippen molar-refractivity contribution in [3.63, 3.8) is 0 Å². The number of hydrazone groups is 1. The van der Waals surface area contributed by atoms with E-state index in [1.165, 1.54) is 18.3 Å². The highest BCUT2D eigenvalue weighted by Gasteiger charge is 2.10. The molecule has 3 aromatic rings. The molecule has 0 saturated heterocycles. The maximum Gasteiger partial charge on any atom is 0.289 e. The topological polar surface area (TPSA) is 70.1 Å². The number of nitrogens with one attached hydrogen (secondary N) is 2. The number of aromatic nitrogens is 2. The minimum absolute atomic E-state index is 0.296. The van der Waals surface area contributed by atoms with Crippen molar-refractivity contribution in [3.8, 4) is 11.3 Å². The smallest absolute Gasteiger partial charge is 0.272 e. The maximum absolute atomic E-state index is 12.8. The first-order valence-electron chi connectivity index (χ1n) is 7.02. The molecule has 0 atom stereocenters. The average molecular weight is 387 g/mol. The highest BCUT2D eigenvalue weighted by atomic mass is 79.9. The number of benzene rings is 2. The van der Waals surface area contributed by atoms with E-state index in [0.717, 1.165) is 10.0 Å². The highest BCUT2D eigenvalue weighted by Crippen LogP contribution is 2.20. The summed E-state index contributed by atoms with van der Waals surface area (Å²) in [4.78, 5) is 12.0. The van der Waals surface area contributed by atoms with Crippen molar-refractivity contribution in [1.29, 1.82) is 0 Å². The van der Waals surface area contributed by atoms with Gasteiger partial charge in [0, 0.05) is 10.0 Å². The van der Waals surface area contributed by atoms with Gasteiger partial charge in [-0.15, -0.1) is 0 Å². The van der Waals surface area contributed by atoms with Crippen molar-refractivity contribution in [2.75, 3.05) is 0 Å². The van der Waals surface area contributed by atoms with E-state index < -0.39 is 5.91 Å². The van der Waals surface area contributed by atoms with Crippen LogP contribution in [-0.2, 0) is 0 Å². The van der Waals surface area contributed by atoms with Crippen LogP contribution < -0.4 is 5.43 Å². The lowest BCUT2D eigenvalue weighted by Gasteiger charge is -1.96. The Bertz CT molecular complexity index is 872. The molecule has 2 N–H and O–H groups in total. The van der Waals surface area contributed by atoms with Crippen LogP contribution in [0.5, 0.6) is 0 Å². The zero-order valence-corrected chi connectivity index (χ0v) is 13.9. The Morgan fingerprint density at radius 1 is 1.17 bits per heavy atom. The normalized spacial score (nSPS) is 10.9. The number of hydrogen-bond donors (Lipinski definition) is 2. The molecule has 1 amide bonds. The van der Waals surface area contributed by atoms with Gasteiger partial charge in [0.1, 0.15) is 11.5 Å². The molecule has 5 nitrogen and oxygen atoms in total. The average Bonchev–Trinajstić information content (AvgIpc) is 3.07. The summed E-state index contributed by atoms with van der Waals surface area (Å²) in [6.07, 6.45) is 1.43. The number of rotatable bonds is 4. The van der Waals surface area contributed by atoms with Crippen molar-refractivity contribution in [2.24, 2.45) is 5.10 Å². The van der Waals surface area contributed by atoms with E-state index in [9.17, 15) is 9.18 Å². The fraction of sp³-hybridized carbons (Fsp3) is 0. The molecule has 0 aliphatic rings. The fourth-order valence-corrected chi connectivity index (χ4v) is 2.25. The lowest BCUT2D eigenvalue weighted by atomic mass is 10.1. The molecular weight excluding hydrogens is 375 g/mol. The van der Waals surface area contributed by atoms with Gasteiger partial charge < -0.3 is 0 Å². The fourth-order valence-electron chi connectivity index (χ4n) is 1.98. The summed E-state index contributed by atoms with van der Waals surface area (Å²) in [6, 6.07) is 15.0. The standard InChI is InChI=1S/C17H12BrFN4O/c18-13-5-3-12(4-6-13)15-9-16(22-21-15)17(24)23-20-10-11-1-7-14(19)8-2-11/h1-10H,(H,21,22)(H,23,24)/b20-10+. The van der Waals surface area contributed by atoms with Crippen LogP contribution in [0.3, 0.4) is 0 Å². The largest absolute Gasteiger partial charge is 0.289 e. The van der Waals surface area contributed by atoms with Gasteiger partial charge in [0.05, 0.1) is 11.9 Å². The molecule has 0 aliphatic heterocycles. The van der Waals surface area contributed by atoms with Gasteiger partial charge in [-0.3, -0.25) is 9.89 Å². The van der Waals surface area contributed by atoms with Crippen LogP contribution in [0.1, 0.15) is 16.1 Å². The van der Waals surface area contributed by atoms with Crippen LogP contribution in [0.2, 0.25) is 0 Å². The van der Waals surface area contributed by atoms with Crippen LogP contribution in [0.25, 0.3) is 11.3 Å². The maximum atomic E-state index is 12.8. The number of carbonyl (C=O) groups excluding carboxylic acids is 1. The van der Waals surface area contributed by atoms with E-state index in [1.54, 1.807) is 18.2 Å². The molecule has 120 valence electrons. The van der Waals surface area contributed by atoms with Gasteiger partial charge in [0.15, 0.2) is 0 Å². The van der Waals surface area contributed by atoms with Gasteiger partial charge in [-0.1, -0.05) is 40.2 Å². The van der Waals surface area contributed by atoms with E-state index in [2.05, 4.69) is 36.7 Å². The van der Waals surface area contributed by atoms with Crippen LogP contribution in [-0.4, -0.2) is 22.3 Å². The van der Waals surface area contributed by atoms with Gasteiger partial charge in [0.25, 0.3) is 5.91 Å². The number of H-pyrrole nitrogens is 1. The zero-order valence-electron chi connectivity index (χ0n) is 12.3. The first-order chi connectivity index (χ1) is 11.6. The van der Waals surface area contributed by atoms with Crippen molar-refractivity contribution >= 4 is 28.1 Å². The van der Waals surface area contributed by atoms with E-state index in [-0.39, 0.29) is 5.82 Å². The SMILES string of the molecule is O=C(N/N=C/c1ccc(F)cc1)c1cc(-c2ccc(Br)cc2)n[nH]1. The molecule has 2 aromatic carbocycles. The van der Waals surface area contributed by atoms with Gasteiger partial charge in [-0.2, -0.15) is 10.2 Å². The van der Waals surface area contributed by atoms with E-state index >= 15 is 0 Å². The number of hydrogen-bond acceptors (Lipinski definition) is 3. The summed E-state index contributed by atoms with van der Waals surface area (Å²) in [7, 11) is 0. The number of carbonyl (C=O) groups is 1. The van der Waals surface area contributed by atoms with E-state index in [0.29, 0.717) is 17.0 Å². The predicted octanol–water partition coefficient (Wildman–Crippen LogP) is 3.74. The van der Waals surface area contributed by atoms with Crippen LogP contribution in [0, 0.1) is 5.82 Å². The third-order valence-corrected chi connectivity index (χ3v) is 3.74. The third kappa shape index (κ3) is 3.94. The Labute approximate surface area is 145 Å². The molecule has 7 heteroatoms. The van der Waals surface area contributed by atoms with Crippen molar-refractivity contribution < 1.29 is 9.18 Å². The molecular formula is C17H12BrFN4O. The summed E-state index contributed by atoms with van der Waals surface area (Å²) in [5.74, 6) is -0.738. The summed E-state index contributed by atoms with van der Waals surface area (Å²) in [5, 5.41) is 10.6. The number of amides is 1. The Hall–Kier alpha value is -2.80. The lowest BCUT2D eigenvalue weighted by molar-refractivity contribution is 0.0950. The first-order valence-corrected chi connectivity index (χ1v) is 7.81. The molecule has 1 heterocycles. The summed E-state index contributed by atoms with van der Waals surface area (Å²) in [6.45, 7) is 0. The van der Waals surface area contributed by atoms with Crippen LogP contribution in [0.4, 0.5) is 4.39 Å². The summed E-state index contributed by atoms with van der Waals surface area (Å²) in [5.41, 5.74) is 4.92. The monoisotopic (exact) mass is 386 g/mol. The molecule has 1 aromatic heterocycles. The molecule has 0 bridgehead atoms. The van der Waals surface area contributed by atoms with Crippen LogP contribution in [0.15, 0.2) is 64.2 Å². The minimum Gasteiger partial charge on any atom is -0.272 e. The first kappa shape index (κ1) is 16.1. The van der Waals surface area contributed by atoms with Crippen molar-refractivity contribution in [3.05, 3.63) is 76.1 Å². The second-order valence-electron chi connectivity index (χ2n) is 4.92. The molecule has 0 spiro atoms. The Kier molecular flexibility index (Phi) is 4.81. The zero-order chi connectivity index (χ0) is 16.9. The second kappa shape index (κ2) is 7.18. The van der Waals surface area contributed by atoms with Crippen molar-refractivity contribution in [1.82, 2.24) is 15.6 Å². The predicted molar refractivity (Wildman–Crippen MR) is 93.2 cm³/mol. The van der Waals surface area contributed by atoms with Crippen LogP contribution >= 0.6 is 15.9 Å². The van der Waals surface area contributed by atoms with Gasteiger partial charge >= 0.3 is 0 Å². The third-order valence-electron chi connectivity index (χ3n) is 3.21. The molecule has 24 heavy (non-hydrogen) atoms. The van der Waals surface area contributed by atoms with E-state index in [4.69, 9.17) is 0 Å². The van der Waals surface area contributed by atoms with Gasteiger partial charge in [-0.05, 0) is 35.9 Å². The second-order valence-corrected chi connectivity index (χ2v) is 5.84. The Morgan fingerprint density at radius 2 is 1.88 bits per heavy atom. The molecule has 3 rings (SSSR count). The summed E-state index contributed by atoms with van der Waals surface area (Å²) < 4.78 is 13.8. The van der Waals surface area contributed by atoms with Crippen molar-refractivity contribution in [2.45, 2.75) is 0 Å². The summed E-state index contributed by atoms with van der Waals surface area (Å²) >= 11 is 3.37. The lowest BCUT2D eigenvalue weighted by Crippen LogP contribution is -2.17.